The largest absolute Gasteiger partial charge is 0.370 e. The molecule has 0 aliphatic heterocycles. The van der Waals surface area contributed by atoms with Crippen molar-refractivity contribution in [1.82, 2.24) is 9.97 Å². The van der Waals surface area contributed by atoms with Crippen molar-refractivity contribution in [3.63, 3.8) is 0 Å². The van der Waals surface area contributed by atoms with Crippen LogP contribution in [0, 0.1) is 0 Å². The number of aromatic nitrogens is 2. The number of nitrogens with zero attached hydrogens (tertiary/aromatic N) is 2. The quantitative estimate of drug-likeness (QED) is 0.307. The molecule has 1 aliphatic carbocycles. The summed E-state index contributed by atoms with van der Waals surface area (Å²) in [5.41, 5.74) is 2.50. The van der Waals surface area contributed by atoms with E-state index in [0.29, 0.717) is 30.5 Å². The zero-order valence-corrected chi connectivity index (χ0v) is 11.3. The van der Waals surface area contributed by atoms with Crippen LogP contribution < -0.4 is 21.7 Å². The Morgan fingerprint density at radius 2 is 2.00 bits per heavy atom. The lowest BCUT2D eigenvalue weighted by atomic mass is 10.3. The number of rotatable bonds is 7. The van der Waals surface area contributed by atoms with Crippen molar-refractivity contribution < 1.29 is 8.42 Å². The number of nitrogen functional groups attached to an aromatic ring is 1. The van der Waals surface area contributed by atoms with Gasteiger partial charge < -0.3 is 10.7 Å². The molecule has 1 heterocycles. The Balaban J connectivity index is 1.93. The Bertz CT molecular complexity index is 543. The van der Waals surface area contributed by atoms with Crippen LogP contribution in [-0.2, 0) is 10.0 Å². The fourth-order valence-corrected chi connectivity index (χ4v) is 2.19. The Hall–Kier alpha value is -1.45. The van der Waals surface area contributed by atoms with Crippen LogP contribution >= 0.6 is 0 Å². The van der Waals surface area contributed by atoms with Crippen LogP contribution in [0.5, 0.6) is 0 Å². The maximum atomic E-state index is 10.8. The number of nitrogens with one attached hydrogen (secondary N) is 2. The van der Waals surface area contributed by atoms with Crippen molar-refractivity contribution >= 4 is 21.7 Å². The first-order chi connectivity index (χ1) is 8.98. The van der Waals surface area contributed by atoms with Crippen LogP contribution in [0.3, 0.4) is 0 Å². The number of hydrogen-bond acceptors (Lipinski definition) is 7. The maximum absolute atomic E-state index is 10.8. The van der Waals surface area contributed by atoms with Gasteiger partial charge in [0.25, 0.3) is 0 Å². The van der Waals surface area contributed by atoms with Crippen LogP contribution in [0.25, 0.3) is 0 Å². The molecule has 9 heteroatoms. The van der Waals surface area contributed by atoms with Gasteiger partial charge in [-0.15, -0.1) is 0 Å². The van der Waals surface area contributed by atoms with Gasteiger partial charge in [-0.2, -0.15) is 0 Å². The van der Waals surface area contributed by atoms with E-state index in [0.717, 1.165) is 18.7 Å². The van der Waals surface area contributed by atoms with E-state index in [1.165, 1.54) is 0 Å². The van der Waals surface area contributed by atoms with Gasteiger partial charge in [0, 0.05) is 18.5 Å². The van der Waals surface area contributed by atoms with Crippen LogP contribution in [0.15, 0.2) is 6.07 Å². The maximum Gasteiger partial charge on any atom is 0.209 e. The first-order valence-corrected chi connectivity index (χ1v) is 7.79. The molecule has 1 aliphatic rings. The minimum Gasteiger partial charge on any atom is -0.370 e. The number of nitrogens with two attached hydrogens (primary N) is 2. The number of primary sulfonamides is 1. The first kappa shape index (κ1) is 14.0. The van der Waals surface area contributed by atoms with Gasteiger partial charge >= 0.3 is 0 Å². The molecule has 0 spiro atoms. The Labute approximate surface area is 112 Å². The molecule has 1 fully saturated rings. The Morgan fingerprint density at radius 1 is 1.32 bits per heavy atom. The highest BCUT2D eigenvalue weighted by atomic mass is 32.2. The highest BCUT2D eigenvalue weighted by molar-refractivity contribution is 7.89. The third kappa shape index (κ3) is 4.62. The van der Waals surface area contributed by atoms with E-state index in [1.54, 1.807) is 6.07 Å². The second-order valence-electron chi connectivity index (χ2n) is 4.56. The molecule has 0 atom stereocenters. The predicted octanol–water partition coefficient (Wildman–Crippen LogP) is -0.270. The summed E-state index contributed by atoms with van der Waals surface area (Å²) in [7, 11) is -3.41. The highest BCUT2D eigenvalue weighted by Crippen LogP contribution is 2.38. The van der Waals surface area contributed by atoms with Crippen molar-refractivity contribution in [3.8, 4) is 0 Å². The molecule has 1 aromatic rings. The van der Waals surface area contributed by atoms with E-state index in [9.17, 15) is 8.42 Å². The number of anilines is 2. The average molecular weight is 286 g/mol. The normalized spacial score (nSPS) is 15.3. The van der Waals surface area contributed by atoms with Gasteiger partial charge in [-0.25, -0.2) is 29.4 Å². The third-order valence-electron chi connectivity index (χ3n) is 2.75. The summed E-state index contributed by atoms with van der Waals surface area (Å²) in [6, 6.07) is 1.68. The smallest absolute Gasteiger partial charge is 0.209 e. The highest BCUT2D eigenvalue weighted by Gasteiger charge is 2.27. The number of sulfonamides is 1. The predicted molar refractivity (Wildman–Crippen MR) is 72.9 cm³/mol. The monoisotopic (exact) mass is 286 g/mol. The molecule has 0 bridgehead atoms. The molecular formula is C10H18N6O2S. The molecule has 2 rings (SSSR count). The molecule has 1 aromatic heterocycles. The zero-order chi connectivity index (χ0) is 13.9. The summed E-state index contributed by atoms with van der Waals surface area (Å²) in [5, 5.41) is 7.97. The van der Waals surface area contributed by atoms with E-state index in [4.69, 9.17) is 11.0 Å². The van der Waals surface area contributed by atoms with Crippen LogP contribution in [-0.4, -0.2) is 30.7 Å². The van der Waals surface area contributed by atoms with Crippen molar-refractivity contribution in [2.75, 3.05) is 23.0 Å². The van der Waals surface area contributed by atoms with Crippen molar-refractivity contribution in [2.45, 2.75) is 25.2 Å². The van der Waals surface area contributed by atoms with Gasteiger partial charge in [0.15, 0.2) is 0 Å². The average Bonchev–Trinajstić information content (AvgIpc) is 3.17. The second-order valence-corrected chi connectivity index (χ2v) is 6.30. The first-order valence-electron chi connectivity index (χ1n) is 6.08. The summed E-state index contributed by atoms with van der Waals surface area (Å²) < 4.78 is 21.6. The van der Waals surface area contributed by atoms with Gasteiger partial charge in [-0.3, -0.25) is 0 Å². The van der Waals surface area contributed by atoms with Gasteiger partial charge in [0.2, 0.25) is 10.0 Å². The van der Waals surface area contributed by atoms with Crippen LogP contribution in [0.4, 0.5) is 11.6 Å². The molecule has 0 unspecified atom stereocenters. The standard InChI is InChI=1S/C10H18N6O2S/c11-16-9-6-8(13-4-1-5-19(12,17)18)14-10(15-9)7-2-3-7/h6-7H,1-5,11H2,(H2,12,17,18)(H2,13,14,15,16). The minimum absolute atomic E-state index is 0.0530. The number of hydrazine groups is 1. The van der Waals surface area contributed by atoms with Crippen molar-refractivity contribution in [3.05, 3.63) is 11.9 Å². The lowest BCUT2D eigenvalue weighted by Gasteiger charge is -2.09. The summed E-state index contributed by atoms with van der Waals surface area (Å²) in [6.45, 7) is 0.474. The van der Waals surface area contributed by atoms with Gasteiger partial charge in [0.1, 0.15) is 17.5 Å². The lowest BCUT2D eigenvalue weighted by Crippen LogP contribution is -2.19. The van der Waals surface area contributed by atoms with E-state index >= 15 is 0 Å². The fourth-order valence-electron chi connectivity index (χ4n) is 1.64. The van der Waals surface area contributed by atoms with Gasteiger partial charge in [0.05, 0.1) is 5.75 Å². The molecule has 0 radical (unpaired) electrons. The van der Waals surface area contributed by atoms with E-state index in [2.05, 4.69) is 20.7 Å². The third-order valence-corrected chi connectivity index (χ3v) is 3.60. The van der Waals surface area contributed by atoms with Crippen LogP contribution in [0.1, 0.15) is 31.0 Å². The molecule has 1 saturated carbocycles. The van der Waals surface area contributed by atoms with E-state index < -0.39 is 10.0 Å². The molecule has 8 nitrogen and oxygen atoms in total. The van der Waals surface area contributed by atoms with Gasteiger partial charge in [-0.05, 0) is 19.3 Å². The van der Waals surface area contributed by atoms with Gasteiger partial charge in [-0.1, -0.05) is 0 Å². The topological polar surface area (TPSA) is 136 Å². The summed E-state index contributed by atoms with van der Waals surface area (Å²) in [6.07, 6.45) is 2.62. The Kier molecular flexibility index (Phi) is 4.17. The molecule has 106 valence electrons. The second kappa shape index (κ2) is 5.68. The molecule has 19 heavy (non-hydrogen) atoms. The molecular weight excluding hydrogens is 268 g/mol. The Morgan fingerprint density at radius 3 is 2.58 bits per heavy atom. The molecule has 6 N–H and O–H groups in total. The molecule has 0 saturated heterocycles. The van der Waals surface area contributed by atoms with E-state index in [1.807, 2.05) is 0 Å². The summed E-state index contributed by atoms with van der Waals surface area (Å²) in [4.78, 5) is 8.66. The number of hydrogen-bond donors (Lipinski definition) is 4. The lowest BCUT2D eigenvalue weighted by molar-refractivity contribution is 0.595. The molecule has 0 aromatic carbocycles. The fraction of sp³-hybridized carbons (Fsp3) is 0.600. The summed E-state index contributed by atoms with van der Waals surface area (Å²) in [5.74, 6) is 7.67. The van der Waals surface area contributed by atoms with Crippen LogP contribution in [0.2, 0.25) is 0 Å². The zero-order valence-electron chi connectivity index (χ0n) is 10.5. The summed E-state index contributed by atoms with van der Waals surface area (Å²) >= 11 is 0. The van der Waals surface area contributed by atoms with E-state index in [-0.39, 0.29) is 5.75 Å². The van der Waals surface area contributed by atoms with Crippen molar-refractivity contribution in [2.24, 2.45) is 11.0 Å². The molecule has 0 amide bonds. The minimum atomic E-state index is -3.41. The van der Waals surface area contributed by atoms with Crippen molar-refractivity contribution in [1.29, 1.82) is 0 Å². The SMILES string of the molecule is NNc1cc(NCCCS(N)(=O)=O)nc(C2CC2)n1.